The molecule has 0 fully saturated rings. The molecule has 0 amide bonds. The zero-order valence-corrected chi connectivity index (χ0v) is 10.1. The lowest BCUT2D eigenvalue weighted by Crippen LogP contribution is -2.04. The minimum absolute atomic E-state index is 0.219. The van der Waals surface area contributed by atoms with Gasteiger partial charge in [-0.1, -0.05) is 38.1 Å². The van der Waals surface area contributed by atoms with Gasteiger partial charge in [0.2, 0.25) is 0 Å². The molecule has 16 heavy (non-hydrogen) atoms. The van der Waals surface area contributed by atoms with Crippen molar-refractivity contribution >= 4 is 5.97 Å². The zero-order chi connectivity index (χ0) is 12.0. The molecule has 0 saturated heterocycles. The van der Waals surface area contributed by atoms with Crippen molar-refractivity contribution in [1.82, 2.24) is 0 Å². The summed E-state index contributed by atoms with van der Waals surface area (Å²) in [7, 11) is 0. The molecule has 0 bridgehead atoms. The Morgan fingerprint density at radius 2 is 1.88 bits per heavy atom. The van der Waals surface area contributed by atoms with Crippen molar-refractivity contribution < 1.29 is 9.90 Å². The van der Waals surface area contributed by atoms with E-state index in [0.717, 1.165) is 12.8 Å². The van der Waals surface area contributed by atoms with Gasteiger partial charge in [0.1, 0.15) is 0 Å². The highest BCUT2D eigenvalue weighted by molar-refractivity contribution is 5.67. The molecule has 0 spiro atoms. The summed E-state index contributed by atoms with van der Waals surface area (Å²) in [6.45, 7) is 4.37. The molecule has 0 aromatic heterocycles. The van der Waals surface area contributed by atoms with Crippen LogP contribution in [0.15, 0.2) is 24.3 Å². The monoisotopic (exact) mass is 220 g/mol. The van der Waals surface area contributed by atoms with Crippen molar-refractivity contribution in [2.75, 3.05) is 0 Å². The Bertz CT molecular complexity index is 340. The SMILES string of the molecule is CCC(CC)c1ccccc1CCC(=O)O. The molecule has 88 valence electrons. The number of carboxylic acid groups (broad SMARTS) is 1. The summed E-state index contributed by atoms with van der Waals surface area (Å²) in [5, 5.41) is 8.72. The number of carboxylic acids is 1. The van der Waals surface area contributed by atoms with Gasteiger partial charge in [-0.3, -0.25) is 4.79 Å². The van der Waals surface area contributed by atoms with Crippen LogP contribution in [0.5, 0.6) is 0 Å². The molecule has 0 radical (unpaired) electrons. The summed E-state index contributed by atoms with van der Waals surface area (Å²) in [4.78, 5) is 10.6. The molecule has 1 aromatic rings. The van der Waals surface area contributed by atoms with E-state index >= 15 is 0 Å². The van der Waals surface area contributed by atoms with Gasteiger partial charge in [-0.2, -0.15) is 0 Å². The molecule has 1 aromatic carbocycles. The number of aliphatic carboxylic acids is 1. The average Bonchev–Trinajstić information content (AvgIpc) is 2.29. The molecule has 1 rings (SSSR count). The van der Waals surface area contributed by atoms with Gasteiger partial charge in [-0.05, 0) is 36.3 Å². The van der Waals surface area contributed by atoms with Crippen LogP contribution in [-0.4, -0.2) is 11.1 Å². The van der Waals surface area contributed by atoms with E-state index in [-0.39, 0.29) is 6.42 Å². The maximum absolute atomic E-state index is 10.6. The highest BCUT2D eigenvalue weighted by Crippen LogP contribution is 2.26. The Morgan fingerprint density at radius 1 is 1.25 bits per heavy atom. The number of aryl methyl sites for hydroxylation is 1. The van der Waals surface area contributed by atoms with Gasteiger partial charge < -0.3 is 5.11 Å². The second-order valence-corrected chi connectivity index (χ2v) is 4.11. The largest absolute Gasteiger partial charge is 0.481 e. The van der Waals surface area contributed by atoms with Gasteiger partial charge in [0.15, 0.2) is 0 Å². The molecule has 0 unspecified atom stereocenters. The van der Waals surface area contributed by atoms with Crippen LogP contribution >= 0.6 is 0 Å². The van der Waals surface area contributed by atoms with Crippen molar-refractivity contribution in [3.8, 4) is 0 Å². The Balaban J connectivity index is 2.86. The number of rotatable bonds is 6. The fraction of sp³-hybridized carbons (Fsp3) is 0.500. The molecule has 0 aliphatic heterocycles. The highest BCUT2D eigenvalue weighted by atomic mass is 16.4. The molecule has 2 heteroatoms. The summed E-state index contributed by atoms with van der Waals surface area (Å²) in [5.74, 6) is -0.163. The summed E-state index contributed by atoms with van der Waals surface area (Å²) in [6, 6.07) is 8.21. The van der Waals surface area contributed by atoms with E-state index in [2.05, 4.69) is 26.0 Å². The molecular formula is C14H20O2. The Kier molecular flexibility index (Phi) is 5.03. The molecule has 0 saturated carbocycles. The summed E-state index contributed by atoms with van der Waals surface area (Å²) in [5.41, 5.74) is 2.52. The van der Waals surface area contributed by atoms with Crippen molar-refractivity contribution in [2.24, 2.45) is 0 Å². The lowest BCUT2D eigenvalue weighted by molar-refractivity contribution is -0.136. The van der Waals surface area contributed by atoms with E-state index < -0.39 is 5.97 Å². The van der Waals surface area contributed by atoms with E-state index in [1.165, 1.54) is 11.1 Å². The fourth-order valence-electron chi connectivity index (χ4n) is 2.13. The van der Waals surface area contributed by atoms with Crippen LogP contribution in [0.1, 0.15) is 50.2 Å². The third kappa shape index (κ3) is 3.37. The van der Waals surface area contributed by atoms with Gasteiger partial charge in [-0.15, -0.1) is 0 Å². The second-order valence-electron chi connectivity index (χ2n) is 4.11. The van der Waals surface area contributed by atoms with Gasteiger partial charge in [0.25, 0.3) is 0 Å². The quantitative estimate of drug-likeness (QED) is 0.795. The van der Waals surface area contributed by atoms with Crippen molar-refractivity contribution in [1.29, 1.82) is 0 Å². The van der Waals surface area contributed by atoms with E-state index in [1.807, 2.05) is 12.1 Å². The van der Waals surface area contributed by atoms with E-state index in [1.54, 1.807) is 0 Å². The van der Waals surface area contributed by atoms with Crippen molar-refractivity contribution in [3.05, 3.63) is 35.4 Å². The maximum atomic E-state index is 10.6. The second kappa shape index (κ2) is 6.31. The van der Waals surface area contributed by atoms with Crippen LogP contribution in [0.4, 0.5) is 0 Å². The van der Waals surface area contributed by atoms with Crippen LogP contribution < -0.4 is 0 Å². The third-order valence-electron chi connectivity index (χ3n) is 3.09. The lowest BCUT2D eigenvalue weighted by atomic mass is 9.88. The molecule has 0 atom stereocenters. The lowest BCUT2D eigenvalue weighted by Gasteiger charge is -2.17. The van der Waals surface area contributed by atoms with Crippen LogP contribution in [-0.2, 0) is 11.2 Å². The summed E-state index contributed by atoms with van der Waals surface area (Å²) < 4.78 is 0. The summed E-state index contributed by atoms with van der Waals surface area (Å²) in [6.07, 6.45) is 3.08. The molecule has 0 aliphatic rings. The van der Waals surface area contributed by atoms with Crippen LogP contribution in [0.3, 0.4) is 0 Å². The Hall–Kier alpha value is -1.31. The first kappa shape index (κ1) is 12.8. The zero-order valence-electron chi connectivity index (χ0n) is 10.1. The van der Waals surface area contributed by atoms with Crippen molar-refractivity contribution in [2.45, 2.75) is 45.4 Å². The highest BCUT2D eigenvalue weighted by Gasteiger charge is 2.11. The molecule has 0 heterocycles. The first-order valence-electron chi connectivity index (χ1n) is 5.98. The maximum Gasteiger partial charge on any atom is 0.303 e. The van der Waals surface area contributed by atoms with Crippen molar-refractivity contribution in [3.63, 3.8) is 0 Å². The molecule has 1 N–H and O–H groups in total. The minimum Gasteiger partial charge on any atom is -0.481 e. The average molecular weight is 220 g/mol. The third-order valence-corrected chi connectivity index (χ3v) is 3.09. The molecular weight excluding hydrogens is 200 g/mol. The van der Waals surface area contributed by atoms with Gasteiger partial charge in [-0.25, -0.2) is 0 Å². The fourth-order valence-corrected chi connectivity index (χ4v) is 2.13. The van der Waals surface area contributed by atoms with Crippen LogP contribution in [0.25, 0.3) is 0 Å². The normalized spacial score (nSPS) is 10.7. The standard InChI is InChI=1S/C14H20O2/c1-3-11(4-2)13-8-6-5-7-12(13)9-10-14(15)16/h5-8,11H,3-4,9-10H2,1-2H3,(H,15,16). The molecule has 0 aliphatic carbocycles. The summed E-state index contributed by atoms with van der Waals surface area (Å²) >= 11 is 0. The van der Waals surface area contributed by atoms with E-state index in [4.69, 9.17) is 5.11 Å². The Morgan fingerprint density at radius 3 is 2.44 bits per heavy atom. The van der Waals surface area contributed by atoms with Gasteiger partial charge in [0.05, 0.1) is 0 Å². The van der Waals surface area contributed by atoms with Gasteiger partial charge in [0, 0.05) is 6.42 Å². The first-order chi connectivity index (χ1) is 7.69. The number of benzene rings is 1. The van der Waals surface area contributed by atoms with E-state index in [0.29, 0.717) is 12.3 Å². The van der Waals surface area contributed by atoms with Gasteiger partial charge >= 0.3 is 5.97 Å². The van der Waals surface area contributed by atoms with Crippen LogP contribution in [0.2, 0.25) is 0 Å². The number of hydrogen-bond donors (Lipinski definition) is 1. The smallest absolute Gasteiger partial charge is 0.303 e. The topological polar surface area (TPSA) is 37.3 Å². The predicted octanol–water partition coefficient (Wildman–Crippen LogP) is 3.61. The minimum atomic E-state index is -0.723. The Labute approximate surface area is 97.3 Å². The predicted molar refractivity (Wildman–Crippen MR) is 65.7 cm³/mol. The molecule has 2 nitrogen and oxygen atoms in total. The van der Waals surface area contributed by atoms with Crippen LogP contribution in [0, 0.1) is 0 Å². The number of hydrogen-bond acceptors (Lipinski definition) is 1. The first-order valence-corrected chi connectivity index (χ1v) is 5.98. The number of carbonyl (C=O) groups is 1. The van der Waals surface area contributed by atoms with E-state index in [9.17, 15) is 4.79 Å².